The van der Waals surface area contributed by atoms with Crippen molar-refractivity contribution in [3.8, 4) is 5.69 Å². The molecule has 1 heterocycles. The first kappa shape index (κ1) is 15.3. The second-order valence-electron chi connectivity index (χ2n) is 6.23. The second kappa shape index (κ2) is 5.99. The van der Waals surface area contributed by atoms with Crippen molar-refractivity contribution in [2.24, 2.45) is 0 Å². The molecular formula is C22H20ClN. The molecule has 0 bridgehead atoms. The fourth-order valence-electron chi connectivity index (χ4n) is 3.50. The molecule has 0 amide bonds. The van der Waals surface area contributed by atoms with E-state index in [0.717, 1.165) is 17.9 Å². The Labute approximate surface area is 147 Å². The van der Waals surface area contributed by atoms with Crippen molar-refractivity contribution in [3.05, 3.63) is 76.8 Å². The number of aromatic nitrogens is 1. The average molecular weight is 334 g/mol. The van der Waals surface area contributed by atoms with E-state index >= 15 is 0 Å². The van der Waals surface area contributed by atoms with E-state index in [1.54, 1.807) is 0 Å². The van der Waals surface area contributed by atoms with E-state index in [1.165, 1.54) is 38.6 Å². The first-order chi connectivity index (χ1) is 11.7. The Balaban J connectivity index is 2.13. The van der Waals surface area contributed by atoms with Crippen LogP contribution in [0.2, 0.25) is 5.02 Å². The predicted molar refractivity (Wildman–Crippen MR) is 105 cm³/mol. The minimum Gasteiger partial charge on any atom is -0.309 e. The molecule has 24 heavy (non-hydrogen) atoms. The highest BCUT2D eigenvalue weighted by molar-refractivity contribution is 6.31. The largest absolute Gasteiger partial charge is 0.309 e. The van der Waals surface area contributed by atoms with E-state index in [2.05, 4.69) is 73.0 Å². The van der Waals surface area contributed by atoms with Gasteiger partial charge in [0.2, 0.25) is 0 Å². The molecule has 3 aromatic carbocycles. The number of hydrogen-bond acceptors (Lipinski definition) is 0. The highest BCUT2D eigenvalue weighted by atomic mass is 35.5. The molecule has 4 rings (SSSR count). The molecule has 1 aromatic heterocycles. The Morgan fingerprint density at radius 1 is 0.750 bits per heavy atom. The highest BCUT2D eigenvalue weighted by Crippen LogP contribution is 2.34. The maximum absolute atomic E-state index is 6.31. The third-order valence-electron chi connectivity index (χ3n) is 4.75. The van der Waals surface area contributed by atoms with Gasteiger partial charge in [0.05, 0.1) is 11.0 Å². The topological polar surface area (TPSA) is 4.93 Å². The molecule has 0 unspecified atom stereocenters. The van der Waals surface area contributed by atoms with E-state index in [-0.39, 0.29) is 0 Å². The van der Waals surface area contributed by atoms with E-state index in [9.17, 15) is 0 Å². The molecule has 2 heteroatoms. The standard InChI is InChI=1S/C22H20ClN/c1-3-15-11-16(4-2)13-18(12-15)24-21-8-6-5-7-19(21)20-10-9-17(23)14-22(20)24/h5-14H,3-4H2,1-2H3. The molecule has 0 spiro atoms. The summed E-state index contributed by atoms with van der Waals surface area (Å²) in [5.74, 6) is 0. The van der Waals surface area contributed by atoms with Crippen LogP contribution in [0.15, 0.2) is 60.7 Å². The van der Waals surface area contributed by atoms with Gasteiger partial charge in [0.1, 0.15) is 0 Å². The van der Waals surface area contributed by atoms with E-state index < -0.39 is 0 Å². The quantitative estimate of drug-likeness (QED) is 0.400. The van der Waals surface area contributed by atoms with Crippen molar-refractivity contribution in [1.29, 1.82) is 0 Å². The predicted octanol–water partition coefficient (Wildman–Crippen LogP) is 6.56. The number of nitrogens with zero attached hydrogens (tertiary/aromatic N) is 1. The fourth-order valence-corrected chi connectivity index (χ4v) is 3.67. The third kappa shape index (κ3) is 2.40. The van der Waals surface area contributed by atoms with Crippen molar-refractivity contribution in [2.75, 3.05) is 0 Å². The number of fused-ring (bicyclic) bond motifs is 3. The summed E-state index contributed by atoms with van der Waals surface area (Å²) in [6, 6.07) is 21.6. The van der Waals surface area contributed by atoms with Gasteiger partial charge in [-0.25, -0.2) is 0 Å². The smallest absolute Gasteiger partial charge is 0.0555 e. The third-order valence-corrected chi connectivity index (χ3v) is 4.98. The molecule has 0 radical (unpaired) electrons. The molecule has 0 aliphatic rings. The van der Waals surface area contributed by atoms with Crippen LogP contribution in [-0.4, -0.2) is 4.57 Å². The Hall–Kier alpha value is -2.25. The monoisotopic (exact) mass is 333 g/mol. The fraction of sp³-hybridized carbons (Fsp3) is 0.182. The Kier molecular flexibility index (Phi) is 3.82. The molecule has 0 N–H and O–H groups in total. The van der Waals surface area contributed by atoms with Gasteiger partial charge in [-0.05, 0) is 54.3 Å². The molecule has 0 aliphatic carbocycles. The summed E-state index contributed by atoms with van der Waals surface area (Å²) >= 11 is 6.31. The zero-order valence-corrected chi connectivity index (χ0v) is 14.8. The van der Waals surface area contributed by atoms with Gasteiger partial charge in [0.25, 0.3) is 0 Å². The lowest BCUT2D eigenvalue weighted by atomic mass is 10.1. The van der Waals surface area contributed by atoms with Crippen LogP contribution in [0.3, 0.4) is 0 Å². The number of aryl methyl sites for hydroxylation is 2. The lowest BCUT2D eigenvalue weighted by Gasteiger charge is -2.12. The number of para-hydroxylation sites is 1. The Morgan fingerprint density at radius 3 is 2.12 bits per heavy atom. The lowest BCUT2D eigenvalue weighted by Crippen LogP contribution is -1.97. The van der Waals surface area contributed by atoms with Crippen molar-refractivity contribution < 1.29 is 0 Å². The molecular weight excluding hydrogens is 314 g/mol. The van der Waals surface area contributed by atoms with Crippen LogP contribution in [0.1, 0.15) is 25.0 Å². The van der Waals surface area contributed by atoms with Gasteiger partial charge in [0.15, 0.2) is 0 Å². The van der Waals surface area contributed by atoms with Crippen molar-refractivity contribution in [2.45, 2.75) is 26.7 Å². The minimum atomic E-state index is 0.772. The maximum atomic E-state index is 6.31. The summed E-state index contributed by atoms with van der Waals surface area (Å²) < 4.78 is 2.34. The molecule has 1 nitrogen and oxygen atoms in total. The van der Waals surface area contributed by atoms with E-state index in [4.69, 9.17) is 11.6 Å². The summed E-state index contributed by atoms with van der Waals surface area (Å²) in [4.78, 5) is 0. The second-order valence-corrected chi connectivity index (χ2v) is 6.67. The minimum absolute atomic E-state index is 0.772. The van der Waals surface area contributed by atoms with Crippen LogP contribution in [0.5, 0.6) is 0 Å². The first-order valence-corrected chi connectivity index (χ1v) is 8.91. The summed E-state index contributed by atoms with van der Waals surface area (Å²) in [6.45, 7) is 4.42. The van der Waals surface area contributed by atoms with Crippen molar-refractivity contribution >= 4 is 33.4 Å². The molecule has 0 saturated heterocycles. The van der Waals surface area contributed by atoms with Gasteiger partial charge >= 0.3 is 0 Å². The molecule has 0 saturated carbocycles. The van der Waals surface area contributed by atoms with Gasteiger partial charge in [-0.1, -0.05) is 55.8 Å². The van der Waals surface area contributed by atoms with Crippen LogP contribution < -0.4 is 0 Å². The number of hydrogen-bond donors (Lipinski definition) is 0. The maximum Gasteiger partial charge on any atom is 0.0555 e. The number of halogens is 1. The van der Waals surface area contributed by atoms with Crippen molar-refractivity contribution in [3.63, 3.8) is 0 Å². The van der Waals surface area contributed by atoms with Gasteiger partial charge in [-0.3, -0.25) is 0 Å². The van der Waals surface area contributed by atoms with Crippen LogP contribution >= 0.6 is 11.6 Å². The average Bonchev–Trinajstić information content (AvgIpc) is 2.94. The number of benzene rings is 3. The van der Waals surface area contributed by atoms with Gasteiger partial charge in [-0.15, -0.1) is 0 Å². The SMILES string of the molecule is CCc1cc(CC)cc(-n2c3ccccc3c3ccc(Cl)cc32)c1. The molecule has 0 atom stereocenters. The molecule has 4 aromatic rings. The lowest BCUT2D eigenvalue weighted by molar-refractivity contribution is 1.06. The zero-order chi connectivity index (χ0) is 16.7. The molecule has 120 valence electrons. The first-order valence-electron chi connectivity index (χ1n) is 8.53. The van der Waals surface area contributed by atoms with E-state index in [0.29, 0.717) is 0 Å². The Morgan fingerprint density at radius 2 is 1.42 bits per heavy atom. The number of rotatable bonds is 3. The van der Waals surface area contributed by atoms with Crippen LogP contribution in [-0.2, 0) is 12.8 Å². The van der Waals surface area contributed by atoms with Crippen LogP contribution in [0, 0.1) is 0 Å². The summed E-state index contributed by atoms with van der Waals surface area (Å²) in [5.41, 5.74) is 6.36. The molecule has 0 aliphatic heterocycles. The van der Waals surface area contributed by atoms with Crippen LogP contribution in [0.25, 0.3) is 27.5 Å². The Bertz CT molecular complexity index is 1020. The van der Waals surface area contributed by atoms with Crippen molar-refractivity contribution in [1.82, 2.24) is 4.57 Å². The van der Waals surface area contributed by atoms with Gasteiger partial charge < -0.3 is 4.57 Å². The molecule has 0 fully saturated rings. The summed E-state index contributed by atoms with van der Waals surface area (Å²) in [5, 5.41) is 3.29. The highest BCUT2D eigenvalue weighted by Gasteiger charge is 2.13. The normalized spacial score (nSPS) is 11.5. The van der Waals surface area contributed by atoms with Crippen LogP contribution in [0.4, 0.5) is 0 Å². The van der Waals surface area contributed by atoms with Gasteiger partial charge in [-0.2, -0.15) is 0 Å². The summed E-state index contributed by atoms with van der Waals surface area (Å²) in [7, 11) is 0. The van der Waals surface area contributed by atoms with E-state index in [1.807, 2.05) is 6.07 Å². The zero-order valence-electron chi connectivity index (χ0n) is 14.0. The van der Waals surface area contributed by atoms with Gasteiger partial charge in [0, 0.05) is 21.5 Å². The summed E-state index contributed by atoms with van der Waals surface area (Å²) in [6.07, 6.45) is 2.08.